The van der Waals surface area contributed by atoms with E-state index in [1.807, 2.05) is 17.6 Å². The number of hydrogen-bond acceptors (Lipinski definition) is 7. The third kappa shape index (κ3) is 4.59. The van der Waals surface area contributed by atoms with Crippen LogP contribution < -0.4 is 9.47 Å². The third-order valence-corrected chi connectivity index (χ3v) is 6.77. The van der Waals surface area contributed by atoms with Gasteiger partial charge in [-0.05, 0) is 37.3 Å². The zero-order valence-electron chi connectivity index (χ0n) is 18.3. The van der Waals surface area contributed by atoms with Crippen LogP contribution >= 0.6 is 0 Å². The molecule has 0 aliphatic rings. The minimum Gasteiger partial charge on any atom is -0.493 e. The molecule has 0 saturated carbocycles. The van der Waals surface area contributed by atoms with Gasteiger partial charge >= 0.3 is 5.97 Å². The molecule has 0 aliphatic heterocycles. The summed E-state index contributed by atoms with van der Waals surface area (Å²) in [5, 5.41) is 8.98. The highest BCUT2D eigenvalue weighted by molar-refractivity contribution is 7.89. The summed E-state index contributed by atoms with van der Waals surface area (Å²) in [6.07, 6.45) is 0.380. The summed E-state index contributed by atoms with van der Waals surface area (Å²) >= 11 is 0. The zero-order valence-corrected chi connectivity index (χ0v) is 19.1. The van der Waals surface area contributed by atoms with Gasteiger partial charge in [-0.1, -0.05) is 0 Å². The number of sulfonamides is 1. The second-order valence-corrected chi connectivity index (χ2v) is 9.31. The summed E-state index contributed by atoms with van der Waals surface area (Å²) < 4.78 is 38.5. The Balaban J connectivity index is 1.80. The molecule has 0 aliphatic carbocycles. The topological polar surface area (TPSA) is 115 Å². The molecular formula is C22H24N4O5S. The Bertz CT molecular complexity index is 1310. The van der Waals surface area contributed by atoms with Crippen molar-refractivity contribution in [3.05, 3.63) is 47.8 Å². The van der Waals surface area contributed by atoms with Gasteiger partial charge < -0.3 is 14.0 Å². The van der Waals surface area contributed by atoms with Crippen LogP contribution in [-0.4, -0.2) is 49.4 Å². The maximum absolute atomic E-state index is 12.4. The average Bonchev–Trinajstić information content (AvgIpc) is 3.14. The molecule has 2 aromatic carbocycles. The number of nitrogens with zero attached hydrogens (tertiary/aromatic N) is 4. The van der Waals surface area contributed by atoms with Crippen LogP contribution in [0.15, 0.2) is 41.3 Å². The van der Waals surface area contributed by atoms with E-state index in [4.69, 9.17) is 14.7 Å². The molecule has 0 N–H and O–H groups in total. The molecular weight excluding hydrogens is 432 g/mol. The Labute approximate surface area is 186 Å². The molecule has 10 heteroatoms. The first-order valence-electron chi connectivity index (χ1n) is 9.91. The monoisotopic (exact) mass is 456 g/mol. The molecule has 0 radical (unpaired) electrons. The molecule has 32 heavy (non-hydrogen) atoms. The Morgan fingerprint density at radius 1 is 1.19 bits per heavy atom. The normalized spacial score (nSPS) is 11.5. The number of esters is 1. The molecule has 1 heterocycles. The molecule has 0 spiro atoms. The lowest BCUT2D eigenvalue weighted by Gasteiger charge is -2.11. The lowest BCUT2D eigenvalue weighted by Crippen LogP contribution is -2.22. The number of benzene rings is 2. The van der Waals surface area contributed by atoms with Gasteiger partial charge in [-0.3, -0.25) is 4.79 Å². The third-order valence-electron chi connectivity index (χ3n) is 4.96. The fourth-order valence-corrected chi connectivity index (χ4v) is 4.21. The van der Waals surface area contributed by atoms with Gasteiger partial charge in [-0.2, -0.15) is 5.26 Å². The lowest BCUT2D eigenvalue weighted by molar-refractivity contribution is -0.134. The van der Waals surface area contributed by atoms with Crippen molar-refractivity contribution < 1.29 is 22.7 Å². The molecule has 0 saturated heterocycles. The van der Waals surface area contributed by atoms with Gasteiger partial charge in [0.1, 0.15) is 5.82 Å². The van der Waals surface area contributed by atoms with E-state index in [1.165, 1.54) is 33.3 Å². The summed E-state index contributed by atoms with van der Waals surface area (Å²) in [5.74, 6) is 0.719. The number of aromatic nitrogens is 2. The van der Waals surface area contributed by atoms with E-state index in [1.54, 1.807) is 24.3 Å². The standard InChI is InChI=1S/C22H24N4O5S/c1-5-26-18-8-7-16(32(28,29)25(2)3)13-17(18)24-21(26)10-11-22(27)31-19-9-6-15(14-23)12-20(19)30-4/h6-9,12-13H,5,10-11H2,1-4H3. The number of aryl methyl sites for hydroxylation is 2. The zero-order chi connectivity index (χ0) is 23.5. The first-order chi connectivity index (χ1) is 15.2. The van der Waals surface area contributed by atoms with E-state index >= 15 is 0 Å². The van der Waals surface area contributed by atoms with Gasteiger partial charge in [-0.15, -0.1) is 0 Å². The lowest BCUT2D eigenvalue weighted by atomic mass is 10.2. The van der Waals surface area contributed by atoms with Crippen molar-refractivity contribution in [1.82, 2.24) is 13.9 Å². The molecule has 0 atom stereocenters. The van der Waals surface area contributed by atoms with E-state index in [0.29, 0.717) is 35.6 Å². The first kappa shape index (κ1) is 23.2. The Kier molecular flexibility index (Phi) is 6.81. The van der Waals surface area contributed by atoms with Crippen molar-refractivity contribution >= 4 is 27.0 Å². The number of nitriles is 1. The predicted molar refractivity (Wildman–Crippen MR) is 118 cm³/mol. The number of imidazole rings is 1. The number of carbonyl (C=O) groups is 1. The number of carbonyl (C=O) groups excluding carboxylic acids is 1. The van der Waals surface area contributed by atoms with Crippen molar-refractivity contribution in [3.8, 4) is 17.6 Å². The highest BCUT2D eigenvalue weighted by atomic mass is 32.2. The largest absolute Gasteiger partial charge is 0.493 e. The molecule has 0 unspecified atom stereocenters. The maximum atomic E-state index is 12.4. The van der Waals surface area contributed by atoms with Crippen LogP contribution in [0.5, 0.6) is 11.5 Å². The van der Waals surface area contributed by atoms with Crippen LogP contribution in [0.25, 0.3) is 11.0 Å². The predicted octanol–water partition coefficient (Wildman–Crippen LogP) is 2.72. The van der Waals surface area contributed by atoms with Gasteiger partial charge in [0.2, 0.25) is 10.0 Å². The van der Waals surface area contributed by atoms with Gasteiger partial charge in [0, 0.05) is 33.1 Å². The number of hydrogen-bond donors (Lipinski definition) is 0. The van der Waals surface area contributed by atoms with Crippen LogP contribution in [0.1, 0.15) is 24.7 Å². The molecule has 0 bridgehead atoms. The van der Waals surface area contributed by atoms with E-state index in [2.05, 4.69) is 4.98 Å². The smallest absolute Gasteiger partial charge is 0.311 e. The summed E-state index contributed by atoms with van der Waals surface area (Å²) in [6.45, 7) is 2.57. The van der Waals surface area contributed by atoms with Gasteiger partial charge in [0.25, 0.3) is 0 Å². The van der Waals surface area contributed by atoms with E-state index < -0.39 is 16.0 Å². The summed E-state index contributed by atoms with van der Waals surface area (Å²) in [6, 6.07) is 11.4. The average molecular weight is 457 g/mol. The Morgan fingerprint density at radius 3 is 2.56 bits per heavy atom. The quantitative estimate of drug-likeness (QED) is 0.378. The van der Waals surface area contributed by atoms with Gasteiger partial charge in [-0.25, -0.2) is 17.7 Å². The molecule has 168 valence electrons. The number of fused-ring (bicyclic) bond motifs is 1. The number of rotatable bonds is 8. The van der Waals surface area contributed by atoms with Crippen LogP contribution in [0.3, 0.4) is 0 Å². The van der Waals surface area contributed by atoms with Crippen LogP contribution in [0.4, 0.5) is 0 Å². The van der Waals surface area contributed by atoms with Crippen LogP contribution in [0.2, 0.25) is 0 Å². The fourth-order valence-electron chi connectivity index (χ4n) is 3.28. The highest BCUT2D eigenvalue weighted by Gasteiger charge is 2.20. The van der Waals surface area contributed by atoms with Crippen molar-refractivity contribution in [3.63, 3.8) is 0 Å². The van der Waals surface area contributed by atoms with Crippen molar-refractivity contribution in [1.29, 1.82) is 5.26 Å². The summed E-state index contributed by atoms with van der Waals surface area (Å²) in [4.78, 5) is 17.1. The minimum atomic E-state index is -3.57. The van der Waals surface area contributed by atoms with Crippen LogP contribution in [-0.2, 0) is 27.8 Å². The molecule has 0 fully saturated rings. The van der Waals surface area contributed by atoms with Crippen molar-refractivity contribution in [2.24, 2.45) is 0 Å². The molecule has 1 aromatic heterocycles. The van der Waals surface area contributed by atoms with E-state index in [9.17, 15) is 13.2 Å². The number of methoxy groups -OCH3 is 1. The molecule has 9 nitrogen and oxygen atoms in total. The molecule has 0 amide bonds. The highest BCUT2D eigenvalue weighted by Crippen LogP contribution is 2.28. The maximum Gasteiger partial charge on any atom is 0.311 e. The second-order valence-electron chi connectivity index (χ2n) is 7.16. The second kappa shape index (κ2) is 9.38. The van der Waals surface area contributed by atoms with Crippen LogP contribution in [0, 0.1) is 11.3 Å². The van der Waals surface area contributed by atoms with Gasteiger partial charge in [0.05, 0.1) is 41.1 Å². The van der Waals surface area contributed by atoms with E-state index in [0.717, 1.165) is 9.82 Å². The Hall–Kier alpha value is -3.42. The summed E-state index contributed by atoms with van der Waals surface area (Å²) in [5.41, 5.74) is 1.74. The molecule has 3 aromatic rings. The minimum absolute atomic E-state index is 0.0648. The molecule has 3 rings (SSSR count). The van der Waals surface area contributed by atoms with Crippen molar-refractivity contribution in [2.75, 3.05) is 21.2 Å². The van der Waals surface area contributed by atoms with Gasteiger partial charge in [0.15, 0.2) is 11.5 Å². The SMILES string of the molecule is CCn1c(CCC(=O)Oc2ccc(C#N)cc2OC)nc2cc(S(=O)(=O)N(C)C)ccc21. The van der Waals surface area contributed by atoms with Crippen molar-refractivity contribution in [2.45, 2.75) is 31.2 Å². The number of ether oxygens (including phenoxy) is 2. The first-order valence-corrected chi connectivity index (χ1v) is 11.4. The fraction of sp³-hybridized carbons (Fsp3) is 0.318. The Morgan fingerprint density at radius 2 is 1.94 bits per heavy atom. The summed E-state index contributed by atoms with van der Waals surface area (Å²) in [7, 11) is 0.813. The van der Waals surface area contributed by atoms with E-state index in [-0.39, 0.29) is 17.1 Å².